The van der Waals surface area contributed by atoms with Gasteiger partial charge in [0.2, 0.25) is 0 Å². The van der Waals surface area contributed by atoms with Crippen molar-refractivity contribution >= 4 is 76.5 Å². The Balaban J connectivity index is 1.04. The van der Waals surface area contributed by atoms with Gasteiger partial charge in [-0.3, -0.25) is 4.57 Å². The highest BCUT2D eigenvalue weighted by Crippen LogP contribution is 2.46. The molecule has 0 amide bonds. The molecule has 0 unspecified atom stereocenters. The second-order valence-corrected chi connectivity index (χ2v) is 21.0. The van der Waals surface area contributed by atoms with E-state index in [2.05, 4.69) is 162 Å². The van der Waals surface area contributed by atoms with E-state index in [1.165, 1.54) is 38.7 Å². The third-order valence-corrected chi connectivity index (χ3v) is 14.2. The Hall–Kier alpha value is -7.89. The molecule has 1 aliphatic rings. The van der Waals surface area contributed by atoms with Crippen molar-refractivity contribution in [3.8, 4) is 28.4 Å². The largest absolute Gasteiger partial charge is 0.457 e. The smallest absolute Gasteiger partial charge is 0.137 e. The minimum atomic E-state index is -2.56. The molecule has 70 heavy (non-hydrogen) atoms. The lowest BCUT2D eigenvalue weighted by atomic mass is 9.86. The number of aryl methyl sites for hydroxylation is 3. The van der Waals surface area contributed by atoms with Crippen molar-refractivity contribution < 1.29 is 14.3 Å². The molecular weight excluding hydrogens is 853 g/mol. The zero-order valence-electron chi connectivity index (χ0n) is 47.8. The molecule has 0 spiro atoms. The van der Waals surface area contributed by atoms with E-state index in [1.807, 2.05) is 42.5 Å². The van der Waals surface area contributed by atoms with Gasteiger partial charge in [0.25, 0.3) is 0 Å². The van der Waals surface area contributed by atoms with E-state index in [4.69, 9.17) is 17.9 Å². The second-order valence-electron chi connectivity index (χ2n) is 21.0. The predicted octanol–water partition coefficient (Wildman–Crippen LogP) is 17.8. The zero-order valence-corrected chi connectivity index (χ0v) is 40.8. The molecule has 11 aromatic rings. The van der Waals surface area contributed by atoms with Gasteiger partial charge in [0.05, 0.1) is 33.2 Å². The first-order valence-electron chi connectivity index (χ1n) is 27.5. The normalized spacial score (nSPS) is 14.5. The van der Waals surface area contributed by atoms with E-state index < -0.39 is 12.9 Å². The first kappa shape index (κ1) is 36.1. The van der Waals surface area contributed by atoms with Crippen LogP contribution in [0.3, 0.4) is 0 Å². The van der Waals surface area contributed by atoms with Gasteiger partial charge in [0, 0.05) is 55.2 Å². The molecule has 0 aliphatic carbocycles. The summed E-state index contributed by atoms with van der Waals surface area (Å²) < 4.78 is 73.3. The summed E-state index contributed by atoms with van der Waals surface area (Å²) in [4.78, 5) is 7.26. The number of nitrogens with zero attached hydrogens (tertiary/aromatic N) is 4. The van der Waals surface area contributed by atoms with Crippen LogP contribution in [0, 0.1) is 20.7 Å². The van der Waals surface area contributed by atoms with Gasteiger partial charge in [-0.05, 0) is 123 Å². The summed E-state index contributed by atoms with van der Waals surface area (Å²) in [5.74, 6) is 1.23. The minimum absolute atomic E-state index is 0.0647. The van der Waals surface area contributed by atoms with Crippen molar-refractivity contribution in [3.63, 3.8) is 0 Å². The first-order valence-corrected chi connectivity index (χ1v) is 24.0. The van der Waals surface area contributed by atoms with Gasteiger partial charge < -0.3 is 14.2 Å². The molecule has 4 heterocycles. The fraction of sp³-hybridized carbons (Fsp3) is 0.185. The van der Waals surface area contributed by atoms with Crippen LogP contribution < -0.4 is 9.64 Å². The van der Waals surface area contributed by atoms with E-state index in [1.54, 1.807) is 10.8 Å². The highest BCUT2D eigenvalue weighted by Gasteiger charge is 2.27. The van der Waals surface area contributed by atoms with E-state index in [9.17, 15) is 1.37 Å². The molecule has 5 heteroatoms. The monoisotopic (exact) mass is 918 g/mol. The first-order chi connectivity index (χ1) is 36.6. The van der Waals surface area contributed by atoms with Gasteiger partial charge in [-0.15, -0.1) is 0 Å². The summed E-state index contributed by atoms with van der Waals surface area (Å²) in [7, 11) is 0. The van der Waals surface area contributed by atoms with Crippen LogP contribution in [0.4, 0.5) is 11.4 Å². The number of hydrogen-bond acceptors (Lipinski definition) is 3. The quantitative estimate of drug-likeness (QED) is 0.173. The molecule has 0 radical (unpaired) electrons. The lowest BCUT2D eigenvalue weighted by Crippen LogP contribution is -2.17. The Morgan fingerprint density at radius 3 is 2.03 bits per heavy atom. The Morgan fingerprint density at radius 2 is 1.26 bits per heavy atom. The number of para-hydroxylation sites is 3. The molecule has 0 saturated carbocycles. The minimum Gasteiger partial charge on any atom is -0.457 e. The van der Waals surface area contributed by atoms with Crippen molar-refractivity contribution in [2.45, 2.75) is 79.7 Å². The summed E-state index contributed by atoms with van der Waals surface area (Å²) in [6.45, 7) is 15.3. The number of pyridine rings is 1. The molecule has 8 aromatic carbocycles. The van der Waals surface area contributed by atoms with Crippen LogP contribution in [-0.4, -0.2) is 14.1 Å². The van der Waals surface area contributed by atoms with Crippen molar-refractivity contribution in [2.24, 2.45) is 0 Å². The Kier molecular flexibility index (Phi) is 8.31. The summed E-state index contributed by atoms with van der Waals surface area (Å²) in [6, 6.07) is 48.7. The lowest BCUT2D eigenvalue weighted by molar-refractivity contribution is 0.479. The molecule has 0 N–H and O–H groups in total. The molecule has 3 aromatic heterocycles. The van der Waals surface area contributed by atoms with Crippen LogP contribution in [0.1, 0.15) is 79.0 Å². The Labute approximate surface area is 420 Å². The zero-order chi connectivity index (χ0) is 54.2. The maximum Gasteiger partial charge on any atom is 0.137 e. The number of fused-ring (bicyclic) bond motifs is 10. The number of hydrogen-bond donors (Lipinski definition) is 0. The summed E-state index contributed by atoms with van der Waals surface area (Å²) in [5.41, 5.74) is 10.3. The molecule has 12 rings (SSSR count). The summed E-state index contributed by atoms with van der Waals surface area (Å²) >= 11 is 0. The standard InChI is InChI=1S/C65H58N4O/c1-40-24-30-51-49-17-10-11-18-50(49)54-21-15-23-59-63(54)68(62-41(2)16-14-20-55(62)56(51)32-40)39-67(59)46-34-45(65(7,8)9)35-48(36-46)70-47-29-31-53-52-19-12-13-22-58(52)69(60(53)37-47)61-33-42(3)57(38-66-61)43-25-27-44(28-26-43)64(4,5)6/h10-38H,39H2,1-9H3/i3D3,12D,13D,19D,22D. The highest BCUT2D eigenvalue weighted by molar-refractivity contribution is 6.21. The van der Waals surface area contributed by atoms with Crippen molar-refractivity contribution in [2.75, 3.05) is 4.90 Å². The number of aromatic nitrogens is 3. The Morgan fingerprint density at radius 1 is 0.557 bits per heavy atom. The third kappa shape index (κ3) is 7.17. The average Bonchev–Trinajstić information content (AvgIpc) is 4.17. The van der Waals surface area contributed by atoms with Crippen molar-refractivity contribution in [1.82, 2.24) is 14.1 Å². The van der Waals surface area contributed by atoms with E-state index in [0.29, 0.717) is 45.6 Å². The molecule has 344 valence electrons. The van der Waals surface area contributed by atoms with Crippen molar-refractivity contribution in [1.29, 1.82) is 0 Å². The molecule has 0 bridgehead atoms. The van der Waals surface area contributed by atoms with Crippen LogP contribution in [0.15, 0.2) is 176 Å². The van der Waals surface area contributed by atoms with Gasteiger partial charge in [-0.2, -0.15) is 0 Å². The molecule has 0 atom stereocenters. The van der Waals surface area contributed by atoms with Crippen LogP contribution in [0.25, 0.3) is 82.1 Å². The van der Waals surface area contributed by atoms with Gasteiger partial charge in [0.1, 0.15) is 24.0 Å². The summed E-state index contributed by atoms with van der Waals surface area (Å²) in [5, 5.41) is 7.86. The number of anilines is 2. The maximum absolute atomic E-state index is 9.26. The molecule has 5 nitrogen and oxygen atoms in total. The van der Waals surface area contributed by atoms with Gasteiger partial charge in [-0.1, -0.05) is 162 Å². The summed E-state index contributed by atoms with van der Waals surface area (Å²) in [6.07, 6.45) is 1.55. The average molecular weight is 918 g/mol. The van der Waals surface area contributed by atoms with Crippen LogP contribution in [0.2, 0.25) is 0 Å². The van der Waals surface area contributed by atoms with Crippen molar-refractivity contribution in [3.05, 3.63) is 204 Å². The molecule has 0 fully saturated rings. The second kappa shape index (κ2) is 16.1. The van der Waals surface area contributed by atoms with Gasteiger partial charge in [0.15, 0.2) is 0 Å². The lowest BCUT2D eigenvalue weighted by Gasteiger charge is -2.26. The predicted molar refractivity (Wildman–Crippen MR) is 296 cm³/mol. The van der Waals surface area contributed by atoms with Gasteiger partial charge >= 0.3 is 0 Å². The van der Waals surface area contributed by atoms with E-state index in [0.717, 1.165) is 44.3 Å². The third-order valence-electron chi connectivity index (χ3n) is 14.2. The number of rotatable bonds is 5. The topological polar surface area (TPSA) is 35.2 Å². The maximum atomic E-state index is 9.26. The Bertz CT molecular complexity index is 4370. The number of benzene rings is 8. The molecule has 1 aliphatic heterocycles. The highest BCUT2D eigenvalue weighted by atomic mass is 16.5. The molecular formula is C65H58N4O. The van der Waals surface area contributed by atoms with Crippen LogP contribution in [0.5, 0.6) is 11.5 Å². The van der Waals surface area contributed by atoms with E-state index >= 15 is 0 Å². The fourth-order valence-corrected chi connectivity index (χ4v) is 10.6. The molecule has 0 saturated heterocycles. The SMILES string of the molecule is [2H]c1c([2H])c([2H])c2c(c1[2H])c1ccc(Oc3cc(N4Cn5c6c(C)cccc6c6cc(C)ccc6c6ccccc6c6cccc4c65)cc(C(C)(C)C)c3)cc1n2-c1cc(C([2H])([2H])[2H])c(-c2ccc(C(C)(C)C)cc2)cn1. The van der Waals surface area contributed by atoms with Gasteiger partial charge in [-0.25, -0.2) is 4.98 Å². The van der Waals surface area contributed by atoms with E-state index in [-0.39, 0.29) is 45.9 Å². The fourth-order valence-electron chi connectivity index (χ4n) is 10.6. The van der Waals surface area contributed by atoms with Crippen LogP contribution >= 0.6 is 0 Å². The van der Waals surface area contributed by atoms with Crippen LogP contribution in [-0.2, 0) is 17.5 Å². The number of ether oxygens (including phenoxy) is 1.